The smallest absolute Gasteiger partial charge is 0.247 e. The van der Waals surface area contributed by atoms with Crippen LogP contribution in [-0.2, 0) is 20.8 Å². The van der Waals surface area contributed by atoms with Crippen LogP contribution in [0.4, 0.5) is 34.5 Å². The van der Waals surface area contributed by atoms with Crippen molar-refractivity contribution in [1.82, 2.24) is 19.7 Å². The second kappa shape index (κ2) is 11.3. The summed E-state index contributed by atoms with van der Waals surface area (Å²) < 4.78 is 12.4. The van der Waals surface area contributed by atoms with Gasteiger partial charge in [0, 0.05) is 37.8 Å². The number of morpholine rings is 1. The Labute approximate surface area is 197 Å². The summed E-state index contributed by atoms with van der Waals surface area (Å²) in [5.41, 5.74) is 3.06. The number of ether oxygens (including phenoxy) is 2. The van der Waals surface area contributed by atoms with Crippen LogP contribution in [0.3, 0.4) is 0 Å². The molecule has 1 fully saturated rings. The van der Waals surface area contributed by atoms with Gasteiger partial charge in [-0.05, 0) is 24.3 Å². The maximum Gasteiger partial charge on any atom is 0.247 e. The van der Waals surface area contributed by atoms with E-state index in [2.05, 4.69) is 37.5 Å². The van der Waals surface area contributed by atoms with Gasteiger partial charge in [-0.3, -0.25) is 9.48 Å². The average molecular weight is 465 g/mol. The minimum absolute atomic E-state index is 0.272. The Bertz CT molecular complexity index is 1130. The lowest BCUT2D eigenvalue weighted by Crippen LogP contribution is -2.36. The maximum absolute atomic E-state index is 11.7. The largest absolute Gasteiger partial charge is 0.383 e. The van der Waals surface area contributed by atoms with Gasteiger partial charge >= 0.3 is 0 Å². The van der Waals surface area contributed by atoms with Crippen molar-refractivity contribution in [3.05, 3.63) is 55.5 Å². The van der Waals surface area contributed by atoms with Gasteiger partial charge in [-0.1, -0.05) is 12.6 Å². The molecule has 1 aromatic carbocycles. The molecule has 0 saturated carbocycles. The summed E-state index contributed by atoms with van der Waals surface area (Å²) in [6.07, 6.45) is 6.61. The molecule has 4 rings (SSSR count). The van der Waals surface area contributed by atoms with Crippen molar-refractivity contribution in [3.63, 3.8) is 0 Å². The minimum atomic E-state index is -0.272. The highest BCUT2D eigenvalue weighted by Crippen LogP contribution is 2.29. The quantitative estimate of drug-likeness (QED) is 0.389. The minimum Gasteiger partial charge on any atom is -0.383 e. The summed E-state index contributed by atoms with van der Waals surface area (Å²) in [5, 5.41) is 13.7. The molecule has 0 aliphatic carbocycles. The molecule has 0 radical (unpaired) electrons. The molecular weight excluding hydrogens is 436 g/mol. The zero-order valence-corrected chi connectivity index (χ0v) is 19.0. The Morgan fingerprint density at radius 3 is 2.82 bits per heavy atom. The summed E-state index contributed by atoms with van der Waals surface area (Å²) in [4.78, 5) is 23.1. The molecule has 11 heteroatoms. The van der Waals surface area contributed by atoms with Crippen LogP contribution in [0.1, 0.15) is 0 Å². The van der Waals surface area contributed by atoms with E-state index in [4.69, 9.17) is 14.5 Å². The standard InChI is InChI=1S/C23H28N8O3/c1-3-21(32)26-17-5-4-6-18(13-17)27-22-20(30-7-11-34-12-8-30)15-24-23(29-22)28-19-14-25-31(16-19)9-10-33-2/h3-6,13-16H,1,7-12H2,2H3,(H,26,32)(H2,24,27,28,29). The van der Waals surface area contributed by atoms with E-state index in [0.717, 1.165) is 30.2 Å². The number of nitrogens with zero attached hydrogens (tertiary/aromatic N) is 5. The van der Waals surface area contributed by atoms with Crippen LogP contribution in [0.15, 0.2) is 55.5 Å². The molecule has 0 unspecified atom stereocenters. The highest BCUT2D eigenvalue weighted by molar-refractivity contribution is 5.99. The number of methoxy groups -OCH3 is 1. The number of benzene rings is 1. The van der Waals surface area contributed by atoms with E-state index in [1.165, 1.54) is 6.08 Å². The number of carbonyl (C=O) groups is 1. The zero-order chi connectivity index (χ0) is 23.8. The predicted molar refractivity (Wildman–Crippen MR) is 131 cm³/mol. The fraction of sp³-hybridized carbons (Fsp3) is 0.304. The number of rotatable bonds is 10. The zero-order valence-electron chi connectivity index (χ0n) is 19.0. The van der Waals surface area contributed by atoms with Crippen molar-refractivity contribution in [2.75, 3.05) is 60.9 Å². The van der Waals surface area contributed by atoms with Crippen LogP contribution in [-0.4, -0.2) is 65.7 Å². The molecule has 1 aliphatic heterocycles. The first-order valence-corrected chi connectivity index (χ1v) is 10.9. The molecule has 3 N–H and O–H groups in total. The lowest BCUT2D eigenvalue weighted by Gasteiger charge is -2.30. The Kier molecular flexibility index (Phi) is 7.68. The number of aromatic nitrogens is 4. The van der Waals surface area contributed by atoms with Gasteiger partial charge in [-0.15, -0.1) is 0 Å². The summed E-state index contributed by atoms with van der Waals surface area (Å²) in [5.74, 6) is 0.797. The van der Waals surface area contributed by atoms with Crippen molar-refractivity contribution >= 4 is 40.4 Å². The second-order valence-electron chi connectivity index (χ2n) is 7.54. The Morgan fingerprint density at radius 1 is 1.21 bits per heavy atom. The molecule has 0 atom stereocenters. The van der Waals surface area contributed by atoms with Crippen molar-refractivity contribution in [1.29, 1.82) is 0 Å². The van der Waals surface area contributed by atoms with Crippen molar-refractivity contribution in [3.8, 4) is 0 Å². The van der Waals surface area contributed by atoms with Crippen molar-refractivity contribution < 1.29 is 14.3 Å². The highest BCUT2D eigenvalue weighted by Gasteiger charge is 2.18. The first-order valence-electron chi connectivity index (χ1n) is 10.9. The van der Waals surface area contributed by atoms with Gasteiger partial charge in [0.1, 0.15) is 0 Å². The number of hydrogen-bond donors (Lipinski definition) is 3. The topological polar surface area (TPSA) is 118 Å². The van der Waals surface area contributed by atoms with Crippen LogP contribution in [0.2, 0.25) is 0 Å². The number of carbonyl (C=O) groups excluding carboxylic acids is 1. The molecule has 0 bridgehead atoms. The maximum atomic E-state index is 11.7. The Balaban J connectivity index is 1.58. The van der Waals surface area contributed by atoms with Gasteiger partial charge < -0.3 is 30.3 Å². The molecule has 3 aromatic rings. The van der Waals surface area contributed by atoms with Crippen molar-refractivity contribution in [2.45, 2.75) is 6.54 Å². The van der Waals surface area contributed by atoms with E-state index < -0.39 is 0 Å². The van der Waals surface area contributed by atoms with E-state index >= 15 is 0 Å². The van der Waals surface area contributed by atoms with E-state index in [-0.39, 0.29) is 5.91 Å². The fourth-order valence-corrected chi connectivity index (χ4v) is 3.43. The van der Waals surface area contributed by atoms with Crippen LogP contribution in [0, 0.1) is 0 Å². The normalized spacial score (nSPS) is 13.4. The van der Waals surface area contributed by atoms with Gasteiger partial charge in [0.15, 0.2) is 5.82 Å². The van der Waals surface area contributed by atoms with Crippen LogP contribution < -0.4 is 20.9 Å². The van der Waals surface area contributed by atoms with E-state index in [0.29, 0.717) is 43.8 Å². The van der Waals surface area contributed by atoms with Gasteiger partial charge in [0.05, 0.1) is 50.1 Å². The van der Waals surface area contributed by atoms with E-state index in [1.54, 1.807) is 24.2 Å². The molecule has 3 heterocycles. The monoisotopic (exact) mass is 464 g/mol. The summed E-state index contributed by atoms with van der Waals surface area (Å²) in [7, 11) is 1.66. The van der Waals surface area contributed by atoms with Gasteiger partial charge in [0.25, 0.3) is 0 Å². The Hall–Kier alpha value is -3.96. The lowest BCUT2D eigenvalue weighted by molar-refractivity contribution is -0.111. The number of nitrogens with one attached hydrogen (secondary N) is 3. The SMILES string of the molecule is C=CC(=O)Nc1cccc(Nc2nc(Nc3cnn(CCOC)c3)ncc2N2CCOCC2)c1. The lowest BCUT2D eigenvalue weighted by atomic mass is 10.2. The van der Waals surface area contributed by atoms with Gasteiger partial charge in [-0.25, -0.2) is 4.98 Å². The third kappa shape index (κ3) is 6.09. The first-order chi connectivity index (χ1) is 16.6. The number of hydrogen-bond acceptors (Lipinski definition) is 9. The average Bonchev–Trinajstić information content (AvgIpc) is 3.30. The molecular formula is C23H28N8O3. The molecule has 0 spiro atoms. The molecule has 178 valence electrons. The molecule has 11 nitrogen and oxygen atoms in total. The first kappa shape index (κ1) is 23.2. The van der Waals surface area contributed by atoms with Crippen LogP contribution in [0.5, 0.6) is 0 Å². The van der Waals surface area contributed by atoms with E-state index in [1.807, 2.05) is 30.5 Å². The molecule has 1 saturated heterocycles. The fourth-order valence-electron chi connectivity index (χ4n) is 3.43. The number of anilines is 6. The molecule has 1 aliphatic rings. The molecule has 2 aromatic heterocycles. The Morgan fingerprint density at radius 2 is 2.03 bits per heavy atom. The second-order valence-corrected chi connectivity index (χ2v) is 7.54. The van der Waals surface area contributed by atoms with Gasteiger partial charge in [0.2, 0.25) is 11.9 Å². The summed E-state index contributed by atoms with van der Waals surface area (Å²) in [6, 6.07) is 7.40. The van der Waals surface area contributed by atoms with Gasteiger partial charge in [-0.2, -0.15) is 10.1 Å². The van der Waals surface area contributed by atoms with Crippen LogP contribution >= 0.6 is 0 Å². The van der Waals surface area contributed by atoms with E-state index in [9.17, 15) is 4.79 Å². The van der Waals surface area contributed by atoms with Crippen LogP contribution in [0.25, 0.3) is 0 Å². The van der Waals surface area contributed by atoms with Crippen molar-refractivity contribution in [2.24, 2.45) is 0 Å². The summed E-state index contributed by atoms with van der Waals surface area (Å²) in [6.45, 7) is 7.49. The number of amides is 1. The molecule has 1 amide bonds. The third-order valence-corrected chi connectivity index (χ3v) is 5.11. The highest BCUT2D eigenvalue weighted by atomic mass is 16.5. The predicted octanol–water partition coefficient (Wildman–Crippen LogP) is 2.77. The summed E-state index contributed by atoms with van der Waals surface area (Å²) >= 11 is 0. The third-order valence-electron chi connectivity index (χ3n) is 5.11. The molecule has 34 heavy (non-hydrogen) atoms.